The van der Waals surface area contributed by atoms with Gasteiger partial charge in [-0.25, -0.2) is 0 Å². The SMILES string of the molecule is O.O=C1NC(=O)c2c1c(-c1ccccc1)cc1[nH]c3ccc(O)cc3c21. The number of H-pyrrole nitrogens is 1. The van der Waals surface area contributed by atoms with Gasteiger partial charge >= 0.3 is 0 Å². The molecule has 1 aliphatic rings. The van der Waals surface area contributed by atoms with Crippen LogP contribution >= 0.6 is 0 Å². The summed E-state index contributed by atoms with van der Waals surface area (Å²) in [6.45, 7) is 0. The molecule has 1 aliphatic heterocycles. The molecule has 128 valence electrons. The number of carbonyl (C=O) groups excluding carboxylic acids is 2. The largest absolute Gasteiger partial charge is 0.508 e. The van der Waals surface area contributed by atoms with Crippen LogP contribution in [-0.4, -0.2) is 27.4 Å². The molecule has 2 amide bonds. The van der Waals surface area contributed by atoms with Gasteiger partial charge in [-0.1, -0.05) is 30.3 Å². The van der Waals surface area contributed by atoms with Gasteiger partial charge in [-0.05, 0) is 35.4 Å². The first kappa shape index (κ1) is 15.9. The van der Waals surface area contributed by atoms with Crippen molar-refractivity contribution in [3.05, 3.63) is 65.7 Å². The average molecular weight is 346 g/mol. The average Bonchev–Trinajstić information content (AvgIpc) is 3.12. The monoisotopic (exact) mass is 346 g/mol. The molecule has 6 nitrogen and oxygen atoms in total. The number of aromatic amines is 1. The summed E-state index contributed by atoms with van der Waals surface area (Å²) in [6.07, 6.45) is 0. The van der Waals surface area contributed by atoms with Crippen LogP contribution in [0.4, 0.5) is 0 Å². The van der Waals surface area contributed by atoms with Gasteiger partial charge < -0.3 is 15.6 Å². The van der Waals surface area contributed by atoms with E-state index in [0.717, 1.165) is 22.0 Å². The molecule has 0 bridgehead atoms. The number of fused-ring (bicyclic) bond motifs is 5. The molecular weight excluding hydrogens is 332 g/mol. The molecule has 6 heteroatoms. The second-order valence-corrected chi connectivity index (χ2v) is 6.10. The normalized spacial score (nSPS) is 12.9. The van der Waals surface area contributed by atoms with Gasteiger partial charge in [0.05, 0.1) is 11.1 Å². The number of imide groups is 1. The molecule has 2 heterocycles. The topological polar surface area (TPSA) is 114 Å². The fourth-order valence-electron chi connectivity index (χ4n) is 3.59. The smallest absolute Gasteiger partial charge is 0.259 e. The number of aromatic hydroxyl groups is 1. The van der Waals surface area contributed by atoms with Crippen LogP contribution in [-0.2, 0) is 0 Å². The first-order valence-electron chi connectivity index (χ1n) is 7.86. The molecule has 4 aromatic rings. The van der Waals surface area contributed by atoms with E-state index in [1.54, 1.807) is 18.2 Å². The zero-order chi connectivity index (χ0) is 17.1. The number of phenols is 1. The number of carbonyl (C=O) groups is 2. The van der Waals surface area contributed by atoms with E-state index in [1.165, 1.54) is 0 Å². The van der Waals surface area contributed by atoms with E-state index in [1.807, 2.05) is 36.4 Å². The fraction of sp³-hybridized carbons (Fsp3) is 0. The van der Waals surface area contributed by atoms with Gasteiger partial charge in [0, 0.05) is 21.8 Å². The Balaban J connectivity index is 0.00000168. The molecule has 0 atom stereocenters. The molecule has 26 heavy (non-hydrogen) atoms. The predicted octanol–water partition coefficient (Wildman–Crippen LogP) is 2.75. The molecule has 0 saturated heterocycles. The molecular formula is C20H14N2O4. The van der Waals surface area contributed by atoms with Crippen LogP contribution in [0.3, 0.4) is 0 Å². The van der Waals surface area contributed by atoms with E-state index in [2.05, 4.69) is 10.3 Å². The highest BCUT2D eigenvalue weighted by Crippen LogP contribution is 2.39. The standard InChI is InChI=1S/C20H12N2O3.H2O/c23-11-6-7-14-13(8-11)16-15(21-14)9-12(10-4-2-1-3-5-10)17-18(16)20(25)22-19(17)24;/h1-9,21,23H,(H,22,24,25);1H2. The Labute approximate surface area is 147 Å². The molecule has 0 fully saturated rings. The molecule has 0 saturated carbocycles. The number of phenolic OH excluding ortho intramolecular Hbond substituents is 1. The summed E-state index contributed by atoms with van der Waals surface area (Å²) in [5, 5.41) is 13.6. The Hall–Kier alpha value is -3.64. The third kappa shape index (κ3) is 2.03. The van der Waals surface area contributed by atoms with Gasteiger partial charge in [-0.15, -0.1) is 0 Å². The zero-order valence-corrected chi connectivity index (χ0v) is 13.5. The Kier molecular flexibility index (Phi) is 3.32. The van der Waals surface area contributed by atoms with Crippen molar-refractivity contribution >= 4 is 33.6 Å². The van der Waals surface area contributed by atoms with Crippen molar-refractivity contribution in [2.75, 3.05) is 0 Å². The number of hydrogen-bond donors (Lipinski definition) is 3. The van der Waals surface area contributed by atoms with E-state index in [4.69, 9.17) is 0 Å². The van der Waals surface area contributed by atoms with Gasteiger partial charge in [-0.3, -0.25) is 14.9 Å². The van der Waals surface area contributed by atoms with Crippen LogP contribution in [0.25, 0.3) is 32.9 Å². The number of rotatable bonds is 1. The Bertz CT molecular complexity index is 1210. The Morgan fingerprint density at radius 2 is 1.54 bits per heavy atom. The maximum Gasteiger partial charge on any atom is 0.259 e. The van der Waals surface area contributed by atoms with Crippen LogP contribution in [0.1, 0.15) is 20.7 Å². The first-order chi connectivity index (χ1) is 12.1. The minimum atomic E-state index is -0.410. The summed E-state index contributed by atoms with van der Waals surface area (Å²) in [7, 11) is 0. The Morgan fingerprint density at radius 1 is 0.808 bits per heavy atom. The highest BCUT2D eigenvalue weighted by atomic mass is 16.3. The predicted molar refractivity (Wildman–Crippen MR) is 98.3 cm³/mol. The minimum Gasteiger partial charge on any atom is -0.508 e. The fourth-order valence-corrected chi connectivity index (χ4v) is 3.59. The quantitative estimate of drug-likeness (QED) is 0.460. The van der Waals surface area contributed by atoms with Crippen LogP contribution in [0, 0.1) is 0 Å². The van der Waals surface area contributed by atoms with Crippen molar-refractivity contribution in [2.24, 2.45) is 0 Å². The van der Waals surface area contributed by atoms with Crippen molar-refractivity contribution in [3.63, 3.8) is 0 Å². The summed E-state index contributed by atoms with van der Waals surface area (Å²) < 4.78 is 0. The molecule has 0 unspecified atom stereocenters. The van der Waals surface area contributed by atoms with Crippen molar-refractivity contribution in [3.8, 4) is 16.9 Å². The lowest BCUT2D eigenvalue weighted by Crippen LogP contribution is -2.20. The number of amides is 2. The maximum atomic E-state index is 12.5. The zero-order valence-electron chi connectivity index (χ0n) is 13.5. The van der Waals surface area contributed by atoms with Crippen molar-refractivity contribution in [1.29, 1.82) is 0 Å². The summed E-state index contributed by atoms with van der Waals surface area (Å²) in [5.41, 5.74) is 3.87. The molecule has 5 N–H and O–H groups in total. The van der Waals surface area contributed by atoms with Gasteiger partial charge in [0.2, 0.25) is 0 Å². The summed E-state index contributed by atoms with van der Waals surface area (Å²) in [4.78, 5) is 28.2. The minimum absolute atomic E-state index is 0. The van der Waals surface area contributed by atoms with Gasteiger partial charge in [0.25, 0.3) is 11.8 Å². The number of benzene rings is 3. The highest BCUT2D eigenvalue weighted by molar-refractivity contribution is 6.32. The van der Waals surface area contributed by atoms with Crippen LogP contribution < -0.4 is 5.32 Å². The van der Waals surface area contributed by atoms with E-state index >= 15 is 0 Å². The van der Waals surface area contributed by atoms with Crippen LogP contribution in [0.15, 0.2) is 54.6 Å². The molecule has 0 spiro atoms. The van der Waals surface area contributed by atoms with Gasteiger partial charge in [-0.2, -0.15) is 0 Å². The van der Waals surface area contributed by atoms with Gasteiger partial charge in [0.1, 0.15) is 5.75 Å². The van der Waals surface area contributed by atoms with Crippen molar-refractivity contribution < 1.29 is 20.2 Å². The molecule has 5 rings (SSSR count). The number of nitrogens with one attached hydrogen (secondary N) is 2. The maximum absolute atomic E-state index is 12.5. The lowest BCUT2D eigenvalue weighted by molar-refractivity contribution is 0.0880. The molecule has 0 aliphatic carbocycles. The molecule has 0 radical (unpaired) electrons. The number of hydrogen-bond acceptors (Lipinski definition) is 3. The second-order valence-electron chi connectivity index (χ2n) is 6.10. The summed E-state index contributed by atoms with van der Waals surface area (Å²) >= 11 is 0. The molecule has 3 aromatic carbocycles. The number of aromatic nitrogens is 1. The van der Waals surface area contributed by atoms with E-state index in [0.29, 0.717) is 22.1 Å². The van der Waals surface area contributed by atoms with Gasteiger partial charge in [0.15, 0.2) is 0 Å². The van der Waals surface area contributed by atoms with Crippen LogP contribution in [0.2, 0.25) is 0 Å². The molecule has 1 aromatic heterocycles. The summed E-state index contributed by atoms with van der Waals surface area (Å²) in [6, 6.07) is 16.3. The van der Waals surface area contributed by atoms with Crippen LogP contribution in [0.5, 0.6) is 5.75 Å². The highest BCUT2D eigenvalue weighted by Gasteiger charge is 2.33. The Morgan fingerprint density at radius 3 is 2.31 bits per heavy atom. The lowest BCUT2D eigenvalue weighted by atomic mass is 9.93. The van der Waals surface area contributed by atoms with Crippen molar-refractivity contribution in [1.82, 2.24) is 10.3 Å². The van der Waals surface area contributed by atoms with E-state index in [9.17, 15) is 14.7 Å². The lowest BCUT2D eigenvalue weighted by Gasteiger charge is -2.08. The summed E-state index contributed by atoms with van der Waals surface area (Å²) in [5.74, 6) is -0.693. The van der Waals surface area contributed by atoms with E-state index < -0.39 is 11.8 Å². The van der Waals surface area contributed by atoms with Crippen molar-refractivity contribution in [2.45, 2.75) is 0 Å². The third-order valence-electron chi connectivity index (χ3n) is 4.64. The second kappa shape index (κ2) is 5.44. The third-order valence-corrected chi connectivity index (χ3v) is 4.64. The first-order valence-corrected chi connectivity index (χ1v) is 7.86. The van der Waals surface area contributed by atoms with E-state index in [-0.39, 0.29) is 11.2 Å².